The van der Waals surface area contributed by atoms with E-state index in [4.69, 9.17) is 5.73 Å². The Bertz CT molecular complexity index is 544. The smallest absolute Gasteiger partial charge is 0.312 e. The van der Waals surface area contributed by atoms with E-state index in [-0.39, 0.29) is 23.1 Å². The zero-order chi connectivity index (χ0) is 22.8. The van der Waals surface area contributed by atoms with Crippen LogP contribution in [0.2, 0.25) is 0 Å². The van der Waals surface area contributed by atoms with Crippen LogP contribution in [0.25, 0.3) is 0 Å². The molecule has 0 spiro atoms. The van der Waals surface area contributed by atoms with Gasteiger partial charge in [-0.05, 0) is 45.4 Å². The summed E-state index contributed by atoms with van der Waals surface area (Å²) in [6.45, 7) is 16.5. The maximum atomic E-state index is 13.2. The normalized spacial score (nSPS) is 14.4. The molecule has 0 fully saturated rings. The Kier molecular flexibility index (Phi) is 11.5. The lowest BCUT2D eigenvalue weighted by atomic mass is 9.79. The molecular formula is C22H44N4O3. The van der Waals surface area contributed by atoms with E-state index in [1.807, 2.05) is 34.6 Å². The highest BCUT2D eigenvalue weighted by atomic mass is 16.2. The summed E-state index contributed by atoms with van der Waals surface area (Å²) in [5.41, 5.74) is 4.41. The second-order valence-electron chi connectivity index (χ2n) is 9.60. The average Bonchev–Trinajstić information content (AvgIpc) is 2.61. The summed E-state index contributed by atoms with van der Waals surface area (Å²) in [6, 6.07) is -1.57. The van der Waals surface area contributed by atoms with Crippen molar-refractivity contribution >= 4 is 17.7 Å². The number of hydrogen-bond donors (Lipinski definition) is 4. The molecule has 0 aromatic rings. The summed E-state index contributed by atoms with van der Waals surface area (Å²) in [5, 5.41) is 8.98. The summed E-state index contributed by atoms with van der Waals surface area (Å²) in [7, 11) is 0. The highest BCUT2D eigenvalue weighted by molar-refractivity contribution is 5.93. The third kappa shape index (κ3) is 10.1. The first-order chi connectivity index (χ1) is 13.3. The Labute approximate surface area is 177 Å². The first kappa shape index (κ1) is 27.4. The van der Waals surface area contributed by atoms with Crippen LogP contribution in [0.5, 0.6) is 0 Å². The average molecular weight is 413 g/mol. The van der Waals surface area contributed by atoms with Gasteiger partial charge in [-0.25, -0.2) is 4.79 Å². The van der Waals surface area contributed by atoms with E-state index in [0.717, 1.165) is 19.3 Å². The molecule has 170 valence electrons. The Morgan fingerprint density at radius 1 is 1.03 bits per heavy atom. The minimum Gasteiger partial charge on any atom is -0.352 e. The molecule has 5 N–H and O–H groups in total. The fourth-order valence-electron chi connectivity index (χ4n) is 3.33. The molecule has 0 saturated heterocycles. The molecular weight excluding hydrogens is 368 g/mol. The number of amides is 3. The molecule has 0 aliphatic rings. The van der Waals surface area contributed by atoms with Crippen molar-refractivity contribution in [2.45, 2.75) is 105 Å². The third-order valence-corrected chi connectivity index (χ3v) is 5.52. The Balaban J connectivity index is 5.39. The predicted octanol–water partition coefficient (Wildman–Crippen LogP) is 3.12. The van der Waals surface area contributed by atoms with Gasteiger partial charge >= 0.3 is 6.03 Å². The number of nitrogens with one attached hydrogen (secondary N) is 3. The molecule has 0 heterocycles. The first-order valence-electron chi connectivity index (χ1n) is 10.9. The molecule has 3 amide bonds. The zero-order valence-electron chi connectivity index (χ0n) is 19.8. The number of nitrogens with two attached hydrogens (primary N) is 1. The minimum absolute atomic E-state index is 0.0315. The summed E-state index contributed by atoms with van der Waals surface area (Å²) in [5.74, 6) is -0.0455. The van der Waals surface area contributed by atoms with Crippen LogP contribution in [-0.2, 0) is 9.59 Å². The standard InChI is InChI=1S/C22H44N4O3/c1-9-13-21(5,6)18(27)16(12-11-14-24-20(23)29)25-19(28)17(15(3)4)26-22(7,8)10-2/h15-17,26H,9-14H2,1-8H3,(H,25,28)(H3,23,24,29). The molecule has 0 aromatic carbocycles. The predicted molar refractivity (Wildman–Crippen MR) is 119 cm³/mol. The van der Waals surface area contributed by atoms with Crippen molar-refractivity contribution in [3.63, 3.8) is 0 Å². The second-order valence-corrected chi connectivity index (χ2v) is 9.60. The van der Waals surface area contributed by atoms with Crippen molar-refractivity contribution in [3.05, 3.63) is 0 Å². The van der Waals surface area contributed by atoms with E-state index in [9.17, 15) is 14.4 Å². The lowest BCUT2D eigenvalue weighted by Crippen LogP contribution is -2.58. The molecule has 2 unspecified atom stereocenters. The van der Waals surface area contributed by atoms with E-state index in [1.54, 1.807) is 0 Å². The van der Waals surface area contributed by atoms with E-state index in [1.165, 1.54) is 0 Å². The third-order valence-electron chi connectivity index (χ3n) is 5.52. The van der Waals surface area contributed by atoms with Gasteiger partial charge in [-0.1, -0.05) is 48.0 Å². The minimum atomic E-state index is -0.591. The van der Waals surface area contributed by atoms with Gasteiger partial charge in [0.25, 0.3) is 0 Å². The summed E-state index contributed by atoms with van der Waals surface area (Å²) in [4.78, 5) is 37.2. The van der Waals surface area contributed by atoms with Crippen molar-refractivity contribution in [1.82, 2.24) is 16.0 Å². The van der Waals surface area contributed by atoms with Gasteiger partial charge in [0.15, 0.2) is 5.78 Å². The van der Waals surface area contributed by atoms with Crippen molar-refractivity contribution in [3.8, 4) is 0 Å². The Morgan fingerprint density at radius 3 is 2.07 bits per heavy atom. The molecule has 0 aliphatic carbocycles. The monoisotopic (exact) mass is 412 g/mol. The number of carbonyl (C=O) groups excluding carboxylic acids is 3. The van der Waals surface area contributed by atoms with E-state index >= 15 is 0 Å². The van der Waals surface area contributed by atoms with Gasteiger partial charge in [0.1, 0.15) is 0 Å². The molecule has 7 heteroatoms. The summed E-state index contributed by atoms with van der Waals surface area (Å²) < 4.78 is 0. The van der Waals surface area contributed by atoms with Gasteiger partial charge in [0.05, 0.1) is 12.1 Å². The van der Waals surface area contributed by atoms with E-state index in [0.29, 0.717) is 19.4 Å². The topological polar surface area (TPSA) is 113 Å². The summed E-state index contributed by atoms with van der Waals surface area (Å²) >= 11 is 0. The second kappa shape index (κ2) is 12.2. The lowest BCUT2D eigenvalue weighted by molar-refractivity contribution is -0.134. The number of Topliss-reactive ketones (excluding diaryl/α,β-unsaturated/α-hetero) is 1. The fourth-order valence-corrected chi connectivity index (χ4v) is 3.33. The van der Waals surface area contributed by atoms with Gasteiger partial charge in [-0.2, -0.15) is 0 Å². The molecule has 2 atom stereocenters. The highest BCUT2D eigenvalue weighted by Gasteiger charge is 2.36. The van der Waals surface area contributed by atoms with E-state index in [2.05, 4.69) is 36.7 Å². The molecule has 0 bridgehead atoms. The number of ketones is 1. The number of hydrogen-bond acceptors (Lipinski definition) is 4. The molecule has 0 radical (unpaired) electrons. The number of urea groups is 1. The fraction of sp³-hybridized carbons (Fsp3) is 0.864. The number of primary amides is 1. The molecule has 7 nitrogen and oxygen atoms in total. The van der Waals surface area contributed by atoms with E-state index < -0.39 is 23.5 Å². The van der Waals surface area contributed by atoms with Gasteiger partial charge in [0, 0.05) is 17.5 Å². The van der Waals surface area contributed by atoms with Gasteiger partial charge in [-0.15, -0.1) is 0 Å². The van der Waals surface area contributed by atoms with Gasteiger partial charge < -0.3 is 21.7 Å². The molecule has 29 heavy (non-hydrogen) atoms. The molecule has 0 aliphatic heterocycles. The van der Waals surface area contributed by atoms with Crippen LogP contribution in [0, 0.1) is 11.3 Å². The maximum Gasteiger partial charge on any atom is 0.312 e. The van der Waals surface area contributed by atoms with Crippen LogP contribution in [0.3, 0.4) is 0 Å². The SMILES string of the molecule is CCCC(C)(C)C(=O)C(CCCNC(N)=O)NC(=O)C(NC(C)(C)CC)C(C)C. The zero-order valence-corrected chi connectivity index (χ0v) is 19.8. The van der Waals surface area contributed by atoms with Crippen LogP contribution in [0.15, 0.2) is 0 Å². The van der Waals surface area contributed by atoms with Crippen LogP contribution in [0.1, 0.15) is 87.5 Å². The van der Waals surface area contributed by atoms with Crippen LogP contribution in [0.4, 0.5) is 4.79 Å². The van der Waals surface area contributed by atoms with Crippen LogP contribution in [-0.4, -0.2) is 41.9 Å². The number of rotatable bonds is 14. The van der Waals surface area contributed by atoms with Crippen molar-refractivity contribution in [2.75, 3.05) is 6.54 Å². The summed E-state index contributed by atoms with van der Waals surface area (Å²) in [6.07, 6.45) is 3.55. The Morgan fingerprint density at radius 2 is 1.62 bits per heavy atom. The van der Waals surface area contributed by atoms with Gasteiger partial charge in [-0.3, -0.25) is 9.59 Å². The Hall–Kier alpha value is -1.63. The van der Waals surface area contributed by atoms with Crippen molar-refractivity contribution in [1.29, 1.82) is 0 Å². The molecule has 0 saturated carbocycles. The van der Waals surface area contributed by atoms with Crippen molar-refractivity contribution < 1.29 is 14.4 Å². The first-order valence-corrected chi connectivity index (χ1v) is 10.9. The quantitative estimate of drug-likeness (QED) is 0.328. The number of carbonyl (C=O) groups is 3. The lowest BCUT2D eigenvalue weighted by Gasteiger charge is -2.34. The molecule has 0 rings (SSSR count). The van der Waals surface area contributed by atoms with Crippen LogP contribution < -0.4 is 21.7 Å². The van der Waals surface area contributed by atoms with Crippen molar-refractivity contribution in [2.24, 2.45) is 17.1 Å². The maximum absolute atomic E-state index is 13.2. The van der Waals surface area contributed by atoms with Crippen LogP contribution >= 0.6 is 0 Å². The largest absolute Gasteiger partial charge is 0.352 e. The molecule has 0 aromatic heterocycles. The van der Waals surface area contributed by atoms with Gasteiger partial charge in [0.2, 0.25) is 5.91 Å². The highest BCUT2D eigenvalue weighted by Crippen LogP contribution is 2.26.